The second kappa shape index (κ2) is 11.3. The Bertz CT molecular complexity index is 1010. The van der Waals surface area contributed by atoms with Crippen LogP contribution in [0.25, 0.3) is 0 Å². The van der Waals surface area contributed by atoms with Crippen LogP contribution in [0.5, 0.6) is 0 Å². The summed E-state index contributed by atoms with van der Waals surface area (Å²) in [6, 6.07) is 9.18. The van der Waals surface area contributed by atoms with E-state index in [1.54, 1.807) is 24.3 Å². The molecule has 2 rings (SSSR count). The summed E-state index contributed by atoms with van der Waals surface area (Å²) in [6.45, 7) is 3.93. The highest BCUT2D eigenvalue weighted by atomic mass is 19.4. The predicted octanol–water partition coefficient (Wildman–Crippen LogP) is 4.72. The van der Waals surface area contributed by atoms with Crippen molar-refractivity contribution >= 4 is 28.9 Å². The maximum absolute atomic E-state index is 12.8. The molecule has 2 aromatic rings. The minimum atomic E-state index is -4.70. The van der Waals surface area contributed by atoms with Gasteiger partial charge in [0.15, 0.2) is 0 Å². The first-order valence-electron chi connectivity index (χ1n) is 10.3. The smallest absolute Gasteiger partial charge is 0.379 e. The molecule has 0 aromatic heterocycles. The number of anilines is 2. The molecule has 3 N–H and O–H groups in total. The van der Waals surface area contributed by atoms with Gasteiger partial charge in [-0.2, -0.15) is 13.2 Å². The van der Waals surface area contributed by atoms with E-state index < -0.39 is 22.4 Å². The maximum Gasteiger partial charge on any atom is 0.416 e. The minimum Gasteiger partial charge on any atom is -0.379 e. The van der Waals surface area contributed by atoms with Crippen molar-refractivity contribution in [2.75, 3.05) is 17.2 Å². The lowest BCUT2D eigenvalue weighted by molar-refractivity contribution is -0.384. The second-order valence-electron chi connectivity index (χ2n) is 7.44. The zero-order valence-electron chi connectivity index (χ0n) is 18.2. The van der Waals surface area contributed by atoms with Crippen molar-refractivity contribution in [3.05, 3.63) is 63.7 Å². The molecule has 0 spiro atoms. The number of rotatable bonds is 10. The van der Waals surface area contributed by atoms with Crippen LogP contribution in [0.15, 0.2) is 42.5 Å². The third-order valence-electron chi connectivity index (χ3n) is 4.93. The van der Waals surface area contributed by atoms with Crippen LogP contribution in [0.3, 0.4) is 0 Å². The Kier molecular flexibility index (Phi) is 8.78. The van der Waals surface area contributed by atoms with Crippen molar-refractivity contribution in [1.29, 1.82) is 0 Å². The monoisotopic (exact) mass is 466 g/mol. The average molecular weight is 466 g/mol. The number of hydrogen-bond donors (Lipinski definition) is 3. The molecule has 1 atom stereocenters. The first-order chi connectivity index (χ1) is 15.5. The third-order valence-corrected chi connectivity index (χ3v) is 4.93. The zero-order chi connectivity index (χ0) is 24.6. The van der Waals surface area contributed by atoms with E-state index >= 15 is 0 Å². The number of alkyl halides is 3. The number of carbonyl (C=O) groups is 2. The van der Waals surface area contributed by atoms with Crippen LogP contribution >= 0.6 is 0 Å². The van der Waals surface area contributed by atoms with Crippen LogP contribution < -0.4 is 16.0 Å². The lowest BCUT2D eigenvalue weighted by atomic mass is 10.1. The molecule has 0 saturated heterocycles. The van der Waals surface area contributed by atoms with Gasteiger partial charge in [0.2, 0.25) is 11.8 Å². The number of nitro groups is 1. The molecule has 0 bridgehead atoms. The molecule has 2 aromatic carbocycles. The van der Waals surface area contributed by atoms with Crippen LogP contribution in [0.2, 0.25) is 0 Å². The molecule has 0 aliphatic carbocycles. The second-order valence-corrected chi connectivity index (χ2v) is 7.44. The summed E-state index contributed by atoms with van der Waals surface area (Å²) >= 11 is 0. The van der Waals surface area contributed by atoms with E-state index in [1.807, 2.05) is 13.8 Å². The largest absolute Gasteiger partial charge is 0.416 e. The van der Waals surface area contributed by atoms with Crippen LogP contribution in [-0.2, 0) is 22.3 Å². The number of halogens is 3. The summed E-state index contributed by atoms with van der Waals surface area (Å²) in [5.74, 6) is -0.574. The number of amides is 2. The number of nitro benzene ring substituents is 1. The highest BCUT2D eigenvalue weighted by Gasteiger charge is 2.33. The summed E-state index contributed by atoms with van der Waals surface area (Å²) in [4.78, 5) is 34.3. The molecule has 0 saturated carbocycles. The quantitative estimate of drug-likeness (QED) is 0.347. The van der Waals surface area contributed by atoms with Gasteiger partial charge in [0.1, 0.15) is 5.69 Å². The van der Waals surface area contributed by atoms with E-state index in [0.717, 1.165) is 17.7 Å². The van der Waals surface area contributed by atoms with Gasteiger partial charge in [0, 0.05) is 37.2 Å². The maximum atomic E-state index is 12.8. The van der Waals surface area contributed by atoms with E-state index in [9.17, 15) is 32.9 Å². The number of benzene rings is 2. The molecule has 2 amide bonds. The Morgan fingerprint density at radius 2 is 1.88 bits per heavy atom. The van der Waals surface area contributed by atoms with Gasteiger partial charge in [-0.15, -0.1) is 0 Å². The van der Waals surface area contributed by atoms with Crippen LogP contribution in [0.1, 0.15) is 37.8 Å². The van der Waals surface area contributed by atoms with Gasteiger partial charge < -0.3 is 16.0 Å². The number of hydrogen-bond acceptors (Lipinski definition) is 5. The molecule has 11 heteroatoms. The fourth-order valence-corrected chi connectivity index (χ4v) is 2.82. The van der Waals surface area contributed by atoms with Crippen LogP contribution in [0.4, 0.5) is 30.2 Å². The van der Waals surface area contributed by atoms with Crippen molar-refractivity contribution in [2.24, 2.45) is 5.92 Å². The number of carbonyl (C=O) groups excluding carboxylic acids is 2. The van der Waals surface area contributed by atoms with Gasteiger partial charge >= 0.3 is 6.18 Å². The molecular formula is C22H25F3N4O4. The van der Waals surface area contributed by atoms with Gasteiger partial charge in [-0.3, -0.25) is 19.7 Å². The number of nitrogens with zero attached hydrogens (tertiary/aromatic N) is 1. The van der Waals surface area contributed by atoms with Gasteiger partial charge in [0.05, 0.1) is 10.5 Å². The van der Waals surface area contributed by atoms with E-state index in [4.69, 9.17) is 0 Å². The Labute approximate surface area is 188 Å². The van der Waals surface area contributed by atoms with Crippen molar-refractivity contribution in [2.45, 2.75) is 39.4 Å². The lowest BCUT2D eigenvalue weighted by Crippen LogP contribution is -2.25. The van der Waals surface area contributed by atoms with Gasteiger partial charge in [-0.25, -0.2) is 0 Å². The zero-order valence-corrected chi connectivity index (χ0v) is 18.2. The summed E-state index contributed by atoms with van der Waals surface area (Å²) in [7, 11) is 0. The molecule has 0 fully saturated rings. The molecule has 0 heterocycles. The number of nitrogens with one attached hydrogen (secondary N) is 3. The van der Waals surface area contributed by atoms with Crippen LogP contribution in [0, 0.1) is 16.0 Å². The van der Waals surface area contributed by atoms with Crippen LogP contribution in [-0.4, -0.2) is 23.3 Å². The SMILES string of the molecule is CCC(C)C(=O)Nc1cccc(CNC(=O)CCNc2ccc(C(F)(F)F)cc2[N+](=O)[O-])c1. The van der Waals surface area contributed by atoms with E-state index in [2.05, 4.69) is 16.0 Å². The molecule has 33 heavy (non-hydrogen) atoms. The molecule has 0 aliphatic heterocycles. The van der Waals surface area contributed by atoms with Crippen molar-refractivity contribution in [3.63, 3.8) is 0 Å². The highest BCUT2D eigenvalue weighted by molar-refractivity contribution is 5.92. The summed E-state index contributed by atoms with van der Waals surface area (Å²) in [5.41, 5.74) is -0.577. The van der Waals surface area contributed by atoms with Gasteiger partial charge in [-0.1, -0.05) is 26.0 Å². The van der Waals surface area contributed by atoms with E-state index in [-0.39, 0.29) is 42.9 Å². The lowest BCUT2D eigenvalue weighted by Gasteiger charge is -2.12. The summed E-state index contributed by atoms with van der Waals surface area (Å²) in [6.07, 6.45) is -4.04. The Hall–Kier alpha value is -3.63. The Balaban J connectivity index is 1.88. The summed E-state index contributed by atoms with van der Waals surface area (Å²) < 4.78 is 38.3. The standard InChI is InChI=1S/C22H25F3N4O4/c1-3-14(2)21(31)28-17-6-4-5-15(11-17)13-27-20(30)9-10-26-18-8-7-16(22(23,24)25)12-19(18)29(32)33/h4-8,11-12,14,26H,3,9-10,13H2,1-2H3,(H,27,30)(H,28,31). The van der Waals surface area contributed by atoms with Crippen molar-refractivity contribution in [1.82, 2.24) is 5.32 Å². The van der Waals surface area contributed by atoms with Gasteiger partial charge in [0.25, 0.3) is 5.69 Å². The first kappa shape index (κ1) is 25.6. The molecular weight excluding hydrogens is 441 g/mol. The molecule has 178 valence electrons. The Morgan fingerprint density at radius 3 is 2.52 bits per heavy atom. The average Bonchev–Trinajstić information content (AvgIpc) is 2.76. The first-order valence-corrected chi connectivity index (χ1v) is 10.3. The normalized spacial score (nSPS) is 12.0. The minimum absolute atomic E-state index is 0.0109. The Morgan fingerprint density at radius 1 is 1.15 bits per heavy atom. The molecule has 8 nitrogen and oxygen atoms in total. The molecule has 0 aliphatic rings. The fourth-order valence-electron chi connectivity index (χ4n) is 2.82. The predicted molar refractivity (Wildman–Crippen MR) is 118 cm³/mol. The summed E-state index contributed by atoms with van der Waals surface area (Å²) in [5, 5.41) is 19.2. The molecule has 0 radical (unpaired) electrons. The highest BCUT2D eigenvalue weighted by Crippen LogP contribution is 2.34. The van der Waals surface area contributed by atoms with Gasteiger partial charge in [-0.05, 0) is 36.2 Å². The fraction of sp³-hybridized carbons (Fsp3) is 0.364. The van der Waals surface area contributed by atoms with Crippen molar-refractivity contribution in [3.8, 4) is 0 Å². The topological polar surface area (TPSA) is 113 Å². The van der Waals surface area contributed by atoms with Crippen molar-refractivity contribution < 1.29 is 27.7 Å². The molecule has 1 unspecified atom stereocenters. The van der Waals surface area contributed by atoms with E-state index in [1.165, 1.54) is 0 Å². The van der Waals surface area contributed by atoms with E-state index in [0.29, 0.717) is 18.2 Å². The third kappa shape index (κ3) is 7.78.